The molecule has 24 heavy (non-hydrogen) atoms. The molecule has 0 amide bonds. The summed E-state index contributed by atoms with van der Waals surface area (Å²) in [5, 5.41) is 12.3. The summed E-state index contributed by atoms with van der Waals surface area (Å²) < 4.78 is 10.6. The number of carbonyl (C=O) groups is 1. The average molecular weight is 331 g/mol. The van der Waals surface area contributed by atoms with Crippen molar-refractivity contribution in [3.63, 3.8) is 0 Å². The van der Waals surface area contributed by atoms with Gasteiger partial charge in [0.25, 0.3) is 0 Å². The zero-order chi connectivity index (χ0) is 17.5. The number of ether oxygens (including phenoxy) is 2. The van der Waals surface area contributed by atoms with Crippen LogP contribution in [-0.2, 0) is 13.0 Å². The fourth-order valence-electron chi connectivity index (χ4n) is 2.30. The number of hydrogen-bond donors (Lipinski definition) is 2. The van der Waals surface area contributed by atoms with Crippen LogP contribution < -0.4 is 14.8 Å². The highest BCUT2D eigenvalue weighted by Crippen LogP contribution is 2.24. The number of aryl methyl sites for hydroxylation is 1. The van der Waals surface area contributed by atoms with E-state index in [4.69, 9.17) is 9.47 Å². The van der Waals surface area contributed by atoms with E-state index in [0.29, 0.717) is 24.6 Å². The number of rotatable bonds is 8. The second-order valence-corrected chi connectivity index (χ2v) is 5.14. The van der Waals surface area contributed by atoms with Crippen molar-refractivity contribution >= 4 is 11.9 Å². The molecule has 0 atom stereocenters. The number of nitrogens with zero attached hydrogens (tertiary/aromatic N) is 2. The molecule has 0 aliphatic heterocycles. The average Bonchev–Trinajstić information content (AvgIpc) is 2.59. The molecule has 2 N–H and O–H groups in total. The number of aromatic nitrogens is 2. The van der Waals surface area contributed by atoms with Crippen LogP contribution in [0.4, 0.5) is 5.95 Å². The third-order valence-corrected chi connectivity index (χ3v) is 3.51. The Bertz CT molecular complexity index is 719. The summed E-state index contributed by atoms with van der Waals surface area (Å²) >= 11 is 0. The van der Waals surface area contributed by atoms with E-state index in [1.54, 1.807) is 14.2 Å². The fraction of sp³-hybridized carbons (Fsp3) is 0.353. The second-order valence-electron chi connectivity index (χ2n) is 5.14. The molecule has 0 spiro atoms. The molecule has 0 saturated carbocycles. The zero-order valence-electron chi connectivity index (χ0n) is 14.0. The molecule has 0 aliphatic rings. The van der Waals surface area contributed by atoms with Crippen LogP contribution in [0.25, 0.3) is 0 Å². The summed E-state index contributed by atoms with van der Waals surface area (Å²) in [5.74, 6) is 0.813. The monoisotopic (exact) mass is 331 g/mol. The van der Waals surface area contributed by atoms with Crippen molar-refractivity contribution in [3.05, 3.63) is 41.2 Å². The van der Waals surface area contributed by atoms with Crippen LogP contribution in [0.5, 0.6) is 11.5 Å². The number of carboxylic acids is 1. The molecule has 1 aromatic carbocycles. The molecule has 1 aromatic heterocycles. The summed E-state index contributed by atoms with van der Waals surface area (Å²) in [6, 6.07) is 5.51. The van der Waals surface area contributed by atoms with Gasteiger partial charge in [-0.3, -0.25) is 0 Å². The van der Waals surface area contributed by atoms with E-state index in [-0.39, 0.29) is 5.56 Å². The molecule has 0 radical (unpaired) electrons. The summed E-state index contributed by atoms with van der Waals surface area (Å²) in [6.07, 6.45) is 2.73. The Morgan fingerprint density at radius 2 is 2.08 bits per heavy atom. The minimum absolute atomic E-state index is 0.140. The van der Waals surface area contributed by atoms with Crippen molar-refractivity contribution in [3.8, 4) is 11.5 Å². The van der Waals surface area contributed by atoms with E-state index in [1.165, 1.54) is 6.20 Å². The van der Waals surface area contributed by atoms with Gasteiger partial charge in [-0.1, -0.05) is 13.3 Å². The van der Waals surface area contributed by atoms with Crippen molar-refractivity contribution < 1.29 is 19.4 Å². The van der Waals surface area contributed by atoms with Crippen molar-refractivity contribution in [2.75, 3.05) is 19.5 Å². The maximum absolute atomic E-state index is 11.2. The Balaban J connectivity index is 2.20. The van der Waals surface area contributed by atoms with Crippen LogP contribution in [0.2, 0.25) is 0 Å². The van der Waals surface area contributed by atoms with Gasteiger partial charge in [0, 0.05) is 18.3 Å². The van der Waals surface area contributed by atoms with E-state index in [1.807, 2.05) is 25.1 Å². The summed E-state index contributed by atoms with van der Waals surface area (Å²) in [4.78, 5) is 19.6. The van der Waals surface area contributed by atoms with E-state index in [9.17, 15) is 9.90 Å². The summed E-state index contributed by atoms with van der Waals surface area (Å²) in [5.41, 5.74) is 1.56. The third-order valence-electron chi connectivity index (χ3n) is 3.51. The maximum atomic E-state index is 11.2. The number of anilines is 1. The molecular weight excluding hydrogens is 310 g/mol. The molecule has 128 valence electrons. The minimum atomic E-state index is -1.01. The SMILES string of the molecule is CCCc1nc(NCc2cc(OC)ccc2OC)ncc1C(=O)O. The highest BCUT2D eigenvalue weighted by atomic mass is 16.5. The van der Waals surface area contributed by atoms with Crippen molar-refractivity contribution in [2.24, 2.45) is 0 Å². The molecular formula is C17H21N3O4. The quantitative estimate of drug-likeness (QED) is 0.768. The molecule has 7 heteroatoms. The van der Waals surface area contributed by atoms with Gasteiger partial charge < -0.3 is 19.9 Å². The Kier molecular flexibility index (Phi) is 5.95. The van der Waals surface area contributed by atoms with E-state index >= 15 is 0 Å². The van der Waals surface area contributed by atoms with Gasteiger partial charge in [0.05, 0.1) is 25.5 Å². The second kappa shape index (κ2) is 8.14. The van der Waals surface area contributed by atoms with Crippen LogP contribution in [-0.4, -0.2) is 35.3 Å². The highest BCUT2D eigenvalue weighted by Gasteiger charge is 2.13. The lowest BCUT2D eigenvalue weighted by molar-refractivity contribution is 0.0694. The largest absolute Gasteiger partial charge is 0.497 e. The molecule has 0 fully saturated rings. The molecule has 2 aromatic rings. The molecule has 1 heterocycles. The number of hydrogen-bond acceptors (Lipinski definition) is 6. The Morgan fingerprint density at radius 3 is 2.71 bits per heavy atom. The molecule has 0 aliphatic carbocycles. The van der Waals surface area contributed by atoms with Gasteiger partial charge in [0.15, 0.2) is 0 Å². The number of nitrogens with one attached hydrogen (secondary N) is 1. The molecule has 7 nitrogen and oxygen atoms in total. The van der Waals surface area contributed by atoms with Crippen molar-refractivity contribution in [1.82, 2.24) is 9.97 Å². The van der Waals surface area contributed by atoms with Gasteiger partial charge >= 0.3 is 5.97 Å². The number of aromatic carboxylic acids is 1. The predicted molar refractivity (Wildman–Crippen MR) is 89.9 cm³/mol. The van der Waals surface area contributed by atoms with E-state index < -0.39 is 5.97 Å². The summed E-state index contributed by atoms with van der Waals surface area (Å²) in [6.45, 7) is 2.40. The first kappa shape index (κ1) is 17.5. The normalized spacial score (nSPS) is 10.3. The number of methoxy groups -OCH3 is 2. The Morgan fingerprint density at radius 1 is 1.29 bits per heavy atom. The smallest absolute Gasteiger partial charge is 0.339 e. The van der Waals surface area contributed by atoms with Crippen LogP contribution in [0.3, 0.4) is 0 Å². The molecule has 0 unspecified atom stereocenters. The Hall–Kier alpha value is -2.83. The highest BCUT2D eigenvalue weighted by molar-refractivity contribution is 5.88. The van der Waals surface area contributed by atoms with Crippen LogP contribution in [0.1, 0.15) is 35.0 Å². The van der Waals surface area contributed by atoms with Crippen LogP contribution in [0, 0.1) is 0 Å². The van der Waals surface area contributed by atoms with E-state index in [2.05, 4.69) is 15.3 Å². The molecule has 0 saturated heterocycles. The Labute approximate surface area is 140 Å². The third kappa shape index (κ3) is 4.13. The lowest BCUT2D eigenvalue weighted by Gasteiger charge is -2.12. The number of carboxylic acid groups (broad SMARTS) is 1. The van der Waals surface area contributed by atoms with E-state index in [0.717, 1.165) is 23.5 Å². The van der Waals surface area contributed by atoms with Gasteiger partial charge in [-0.25, -0.2) is 14.8 Å². The lowest BCUT2D eigenvalue weighted by atomic mass is 10.1. The van der Waals surface area contributed by atoms with Gasteiger partial charge in [-0.2, -0.15) is 0 Å². The van der Waals surface area contributed by atoms with Gasteiger partial charge in [0.2, 0.25) is 5.95 Å². The first-order valence-electron chi connectivity index (χ1n) is 7.63. The summed E-state index contributed by atoms with van der Waals surface area (Å²) in [7, 11) is 3.20. The van der Waals surface area contributed by atoms with Crippen LogP contribution in [0.15, 0.2) is 24.4 Å². The van der Waals surface area contributed by atoms with Gasteiger partial charge in [0.1, 0.15) is 11.5 Å². The van der Waals surface area contributed by atoms with Gasteiger partial charge in [-0.05, 0) is 24.6 Å². The molecule has 2 rings (SSSR count). The zero-order valence-corrected chi connectivity index (χ0v) is 14.0. The van der Waals surface area contributed by atoms with Crippen molar-refractivity contribution in [1.29, 1.82) is 0 Å². The van der Waals surface area contributed by atoms with Crippen molar-refractivity contribution in [2.45, 2.75) is 26.3 Å². The minimum Gasteiger partial charge on any atom is -0.497 e. The maximum Gasteiger partial charge on any atom is 0.339 e. The topological polar surface area (TPSA) is 93.6 Å². The standard InChI is InChI=1S/C17H21N3O4/c1-4-5-14-13(16(21)22)10-19-17(20-14)18-9-11-8-12(23-2)6-7-15(11)24-3/h6-8,10H,4-5,9H2,1-3H3,(H,21,22)(H,18,19,20). The van der Waals surface area contributed by atoms with Gasteiger partial charge in [-0.15, -0.1) is 0 Å². The molecule has 0 bridgehead atoms. The number of benzene rings is 1. The van der Waals surface area contributed by atoms with Crippen LogP contribution >= 0.6 is 0 Å². The first-order valence-corrected chi connectivity index (χ1v) is 7.63. The fourth-order valence-corrected chi connectivity index (χ4v) is 2.30. The predicted octanol–water partition coefficient (Wildman–Crippen LogP) is 2.76. The first-order chi connectivity index (χ1) is 11.6. The lowest BCUT2D eigenvalue weighted by Crippen LogP contribution is -2.11.